The standard InChI is InChI=1S/C24H32N4O6S/c1-13(2)9-21(24(33)27-17(19(30)12-29)10-14-7-8-25-22(14)31)35-28-23(32)18-11-15-16(26-18)5-4-6-20(15)34-3/h4-6,11,13-14,17,21,26,29H,7-10,12H2,1-3H3,(H,25,31)(H,27,33)(H,28,32)/t14-,17-,21-/m0/s1. The number of hydrogen-bond acceptors (Lipinski definition) is 7. The summed E-state index contributed by atoms with van der Waals surface area (Å²) in [7, 11) is 1.56. The van der Waals surface area contributed by atoms with E-state index < -0.39 is 41.4 Å². The van der Waals surface area contributed by atoms with Gasteiger partial charge in [-0.3, -0.25) is 23.9 Å². The van der Waals surface area contributed by atoms with Crippen molar-refractivity contribution < 1.29 is 29.0 Å². The monoisotopic (exact) mass is 504 g/mol. The molecule has 3 rings (SSSR count). The topological polar surface area (TPSA) is 150 Å². The number of Topliss-reactive ketones (excluding diaryl/α,β-unsaturated/α-hetero) is 1. The van der Waals surface area contributed by atoms with E-state index in [2.05, 4.69) is 20.3 Å². The zero-order valence-corrected chi connectivity index (χ0v) is 20.9. The summed E-state index contributed by atoms with van der Waals surface area (Å²) in [6, 6.07) is 6.16. The number of carbonyl (C=O) groups is 4. The molecule has 1 fully saturated rings. The fourth-order valence-electron chi connectivity index (χ4n) is 4.04. The largest absolute Gasteiger partial charge is 0.496 e. The lowest BCUT2D eigenvalue weighted by atomic mass is 9.95. The zero-order chi connectivity index (χ0) is 25.5. The maximum Gasteiger partial charge on any atom is 0.277 e. The molecule has 0 bridgehead atoms. The van der Waals surface area contributed by atoms with E-state index in [0.29, 0.717) is 30.8 Å². The fraction of sp³-hybridized carbons (Fsp3) is 0.500. The number of hydrogen-bond donors (Lipinski definition) is 5. The van der Waals surface area contributed by atoms with E-state index in [1.54, 1.807) is 19.2 Å². The number of aromatic nitrogens is 1. The van der Waals surface area contributed by atoms with Crippen LogP contribution < -0.4 is 20.1 Å². The van der Waals surface area contributed by atoms with Gasteiger partial charge in [-0.1, -0.05) is 19.9 Å². The number of aliphatic hydroxyl groups excluding tert-OH is 1. The maximum atomic E-state index is 13.1. The van der Waals surface area contributed by atoms with Gasteiger partial charge in [-0.15, -0.1) is 0 Å². The molecule has 1 aliphatic heterocycles. The number of amides is 3. The van der Waals surface area contributed by atoms with Gasteiger partial charge in [0.2, 0.25) is 11.8 Å². The molecule has 0 radical (unpaired) electrons. The minimum Gasteiger partial charge on any atom is -0.496 e. The quantitative estimate of drug-likeness (QED) is 0.275. The van der Waals surface area contributed by atoms with Crippen molar-refractivity contribution in [2.75, 3.05) is 20.3 Å². The first-order valence-electron chi connectivity index (χ1n) is 11.6. The number of aromatic amines is 1. The molecule has 1 saturated heterocycles. The molecule has 1 aliphatic rings. The fourth-order valence-corrected chi connectivity index (χ4v) is 5.06. The zero-order valence-electron chi connectivity index (χ0n) is 20.1. The van der Waals surface area contributed by atoms with Crippen LogP contribution in [0.4, 0.5) is 0 Å². The Balaban J connectivity index is 1.68. The molecule has 2 heterocycles. The number of aliphatic hydroxyl groups is 1. The van der Waals surface area contributed by atoms with Gasteiger partial charge in [0.15, 0.2) is 5.78 Å². The van der Waals surface area contributed by atoms with Crippen molar-refractivity contribution >= 4 is 46.4 Å². The molecule has 0 unspecified atom stereocenters. The second-order valence-corrected chi connectivity index (χ2v) is 9.98. The average Bonchev–Trinajstić information content (AvgIpc) is 3.46. The van der Waals surface area contributed by atoms with E-state index in [9.17, 15) is 24.3 Å². The van der Waals surface area contributed by atoms with Crippen LogP contribution >= 0.6 is 11.9 Å². The third kappa shape index (κ3) is 6.76. The van der Waals surface area contributed by atoms with E-state index in [4.69, 9.17) is 4.74 Å². The Hall–Kier alpha value is -3.05. The van der Waals surface area contributed by atoms with Gasteiger partial charge in [0.1, 0.15) is 23.3 Å². The molecule has 10 nitrogen and oxygen atoms in total. The Kier molecular flexibility index (Phi) is 9.16. The van der Waals surface area contributed by atoms with Gasteiger partial charge >= 0.3 is 0 Å². The van der Waals surface area contributed by atoms with Gasteiger partial charge in [-0.05, 0) is 55.3 Å². The van der Waals surface area contributed by atoms with Gasteiger partial charge in [-0.25, -0.2) is 0 Å². The van der Waals surface area contributed by atoms with Crippen molar-refractivity contribution in [1.82, 2.24) is 20.3 Å². The van der Waals surface area contributed by atoms with Gasteiger partial charge < -0.3 is 25.5 Å². The lowest BCUT2D eigenvalue weighted by molar-refractivity contribution is -0.130. The number of carbonyl (C=O) groups excluding carboxylic acids is 4. The number of benzene rings is 1. The lowest BCUT2D eigenvalue weighted by Crippen LogP contribution is -2.48. The molecule has 2 aromatic rings. The first-order valence-corrected chi connectivity index (χ1v) is 12.4. The van der Waals surface area contributed by atoms with E-state index in [0.717, 1.165) is 22.9 Å². The summed E-state index contributed by atoms with van der Waals surface area (Å²) in [6.45, 7) is 3.69. The highest BCUT2D eigenvalue weighted by molar-refractivity contribution is 7.99. The molecule has 3 atom stereocenters. The average molecular weight is 505 g/mol. The highest BCUT2D eigenvalue weighted by Crippen LogP contribution is 2.26. The summed E-state index contributed by atoms with van der Waals surface area (Å²) in [5.41, 5.74) is 1.07. The Bertz CT molecular complexity index is 1090. The van der Waals surface area contributed by atoms with E-state index in [1.165, 1.54) is 0 Å². The number of methoxy groups -OCH3 is 1. The SMILES string of the molecule is COc1cccc2[nH]c(C(=O)NS[C@@H](CC(C)C)C(=O)N[C@@H](C[C@@H]3CCNC3=O)C(=O)CO)cc12. The van der Waals surface area contributed by atoms with E-state index >= 15 is 0 Å². The van der Waals surface area contributed by atoms with E-state index in [-0.39, 0.29) is 18.2 Å². The summed E-state index contributed by atoms with van der Waals surface area (Å²) >= 11 is 0.969. The summed E-state index contributed by atoms with van der Waals surface area (Å²) < 4.78 is 8.06. The molecule has 5 N–H and O–H groups in total. The van der Waals surface area contributed by atoms with Crippen molar-refractivity contribution in [3.05, 3.63) is 30.0 Å². The van der Waals surface area contributed by atoms with Crippen LogP contribution in [0.25, 0.3) is 10.9 Å². The molecule has 1 aromatic carbocycles. The molecule has 0 spiro atoms. The molecular weight excluding hydrogens is 472 g/mol. The predicted molar refractivity (Wildman–Crippen MR) is 133 cm³/mol. The number of nitrogens with one attached hydrogen (secondary N) is 4. The summed E-state index contributed by atoms with van der Waals surface area (Å²) in [5, 5.41) is 14.9. The van der Waals surface area contributed by atoms with Crippen molar-refractivity contribution in [3.63, 3.8) is 0 Å². The summed E-state index contributed by atoms with van der Waals surface area (Å²) in [6.07, 6.45) is 1.14. The summed E-state index contributed by atoms with van der Waals surface area (Å²) in [4.78, 5) is 53.2. The number of ether oxygens (including phenoxy) is 1. The highest BCUT2D eigenvalue weighted by atomic mass is 32.2. The maximum absolute atomic E-state index is 13.1. The Morgan fingerprint density at radius 2 is 2.06 bits per heavy atom. The van der Waals surface area contributed by atoms with Gasteiger partial charge in [0, 0.05) is 23.4 Å². The first kappa shape index (κ1) is 26.6. The minimum absolute atomic E-state index is 0.124. The summed E-state index contributed by atoms with van der Waals surface area (Å²) in [5.74, 6) is -1.18. The third-order valence-electron chi connectivity index (χ3n) is 5.90. The normalized spacial score (nSPS) is 17.2. The van der Waals surface area contributed by atoms with Crippen molar-refractivity contribution in [1.29, 1.82) is 0 Å². The van der Waals surface area contributed by atoms with Crippen molar-refractivity contribution in [3.8, 4) is 5.75 Å². The van der Waals surface area contributed by atoms with Crippen LogP contribution in [0.1, 0.15) is 43.6 Å². The smallest absolute Gasteiger partial charge is 0.277 e. The van der Waals surface area contributed by atoms with Gasteiger partial charge in [-0.2, -0.15) is 0 Å². The highest BCUT2D eigenvalue weighted by Gasteiger charge is 2.33. The molecule has 3 amide bonds. The van der Waals surface area contributed by atoms with Crippen LogP contribution in [0.5, 0.6) is 5.75 Å². The molecule has 0 saturated carbocycles. The molecule has 0 aliphatic carbocycles. The first-order chi connectivity index (χ1) is 16.7. The number of rotatable bonds is 12. The Morgan fingerprint density at radius 1 is 1.29 bits per heavy atom. The van der Waals surface area contributed by atoms with Crippen LogP contribution in [-0.2, 0) is 14.4 Å². The third-order valence-corrected chi connectivity index (χ3v) is 6.90. The Morgan fingerprint density at radius 3 is 2.69 bits per heavy atom. The molecule has 11 heteroatoms. The molecule has 1 aromatic heterocycles. The van der Waals surface area contributed by atoms with Crippen LogP contribution in [0.3, 0.4) is 0 Å². The number of ketones is 1. The predicted octanol–water partition coefficient (Wildman–Crippen LogP) is 1.54. The Labute approximate surface area is 208 Å². The molecule has 35 heavy (non-hydrogen) atoms. The van der Waals surface area contributed by atoms with Gasteiger partial charge in [0.05, 0.1) is 13.2 Å². The van der Waals surface area contributed by atoms with Crippen molar-refractivity contribution in [2.24, 2.45) is 11.8 Å². The van der Waals surface area contributed by atoms with Crippen LogP contribution in [0.15, 0.2) is 24.3 Å². The lowest BCUT2D eigenvalue weighted by Gasteiger charge is -2.23. The number of H-pyrrole nitrogens is 1. The van der Waals surface area contributed by atoms with Crippen molar-refractivity contribution in [2.45, 2.75) is 44.4 Å². The van der Waals surface area contributed by atoms with E-state index in [1.807, 2.05) is 26.0 Å². The second-order valence-electron chi connectivity index (χ2n) is 8.97. The van der Waals surface area contributed by atoms with Crippen LogP contribution in [-0.4, -0.2) is 65.1 Å². The molecular formula is C24H32N4O6S. The minimum atomic E-state index is -0.978. The van der Waals surface area contributed by atoms with Crippen LogP contribution in [0, 0.1) is 11.8 Å². The number of fused-ring (bicyclic) bond motifs is 1. The molecule has 190 valence electrons. The van der Waals surface area contributed by atoms with Gasteiger partial charge in [0.25, 0.3) is 5.91 Å². The second kappa shape index (κ2) is 12.1. The van der Waals surface area contributed by atoms with Crippen LogP contribution in [0.2, 0.25) is 0 Å².